The number of fused-ring (bicyclic) bond motifs is 2. The van der Waals surface area contributed by atoms with Crippen molar-refractivity contribution >= 4 is 42.4 Å². The number of esters is 1. The first-order valence-corrected chi connectivity index (χ1v) is 17.8. The monoisotopic (exact) mass is 682 g/mol. The topological polar surface area (TPSA) is 145 Å². The molecule has 1 aliphatic heterocycles. The van der Waals surface area contributed by atoms with Gasteiger partial charge in [-0.1, -0.05) is 91.8 Å². The number of imidazole rings is 1. The quantitative estimate of drug-likeness (QED) is 0.114. The SMILES string of the molecule is CC.COc1nc(N)nc2c1nc(C)n2C1OC(COP(NC(C(=O)OCC(C)(C)C)C(C)C)Oc2cccc3ccccc23)CC1C. The van der Waals surface area contributed by atoms with Crippen molar-refractivity contribution < 1.29 is 28.1 Å². The van der Waals surface area contributed by atoms with Crippen LogP contribution in [-0.2, 0) is 18.8 Å². The Kier molecular flexibility index (Phi) is 12.6. The van der Waals surface area contributed by atoms with Crippen molar-refractivity contribution in [2.45, 2.75) is 87.1 Å². The standard InChI is InChI=1S/C33H45N6O6P.C2H6/c1-19(2)26(31(40)42-18-33(5,6)7)38-46(45-25-15-11-13-22-12-9-10-14-24(22)25)43-17-23-16-20(3)30(44-23)39-21(4)35-27-28(39)36-32(34)37-29(27)41-8;1-2/h9-15,19-20,23,26,30,38H,16-18H2,1-8H3,(H2,34,36,37);1-2H3. The van der Waals surface area contributed by atoms with E-state index in [1.54, 1.807) is 0 Å². The van der Waals surface area contributed by atoms with E-state index in [-0.39, 0.29) is 48.1 Å². The molecule has 1 saturated heterocycles. The van der Waals surface area contributed by atoms with E-state index < -0.39 is 14.6 Å². The Balaban J connectivity index is 0.00000255. The van der Waals surface area contributed by atoms with E-state index in [1.165, 1.54) is 7.11 Å². The second-order valence-electron chi connectivity index (χ2n) is 13.3. The van der Waals surface area contributed by atoms with Gasteiger partial charge in [0.1, 0.15) is 23.8 Å². The van der Waals surface area contributed by atoms with Crippen molar-refractivity contribution in [2.75, 3.05) is 26.1 Å². The molecule has 0 aliphatic carbocycles. The molecule has 5 unspecified atom stereocenters. The Bertz CT molecular complexity index is 1670. The molecule has 12 nitrogen and oxygen atoms in total. The second kappa shape index (κ2) is 16.2. The van der Waals surface area contributed by atoms with Gasteiger partial charge in [0, 0.05) is 11.3 Å². The maximum absolute atomic E-state index is 13.3. The van der Waals surface area contributed by atoms with Crippen LogP contribution in [0.4, 0.5) is 5.95 Å². The molecular weight excluding hydrogens is 631 g/mol. The van der Waals surface area contributed by atoms with Gasteiger partial charge in [0.05, 0.1) is 26.4 Å². The smallest absolute Gasteiger partial charge is 0.323 e. The highest BCUT2D eigenvalue weighted by Gasteiger charge is 2.38. The van der Waals surface area contributed by atoms with Crippen molar-refractivity contribution in [1.82, 2.24) is 24.6 Å². The Morgan fingerprint density at radius 2 is 1.83 bits per heavy atom. The predicted octanol–water partition coefficient (Wildman–Crippen LogP) is 7.35. The highest BCUT2D eigenvalue weighted by atomic mass is 31.2. The van der Waals surface area contributed by atoms with Crippen LogP contribution in [0.15, 0.2) is 42.5 Å². The molecule has 1 fully saturated rings. The zero-order valence-corrected chi connectivity index (χ0v) is 30.7. The van der Waals surface area contributed by atoms with E-state index in [2.05, 4.69) is 27.0 Å². The van der Waals surface area contributed by atoms with E-state index in [9.17, 15) is 4.79 Å². The average molecular weight is 683 g/mol. The van der Waals surface area contributed by atoms with Crippen LogP contribution >= 0.6 is 8.53 Å². The fourth-order valence-corrected chi connectivity index (χ4v) is 6.88. The van der Waals surface area contributed by atoms with Crippen LogP contribution < -0.4 is 20.1 Å². The number of hydrogen-bond donors (Lipinski definition) is 2. The summed E-state index contributed by atoms with van der Waals surface area (Å²) < 4.78 is 32.6. The lowest BCUT2D eigenvalue weighted by atomic mass is 9.98. The van der Waals surface area contributed by atoms with Crippen LogP contribution in [0.2, 0.25) is 0 Å². The van der Waals surface area contributed by atoms with Crippen molar-refractivity contribution in [3.05, 3.63) is 48.3 Å². The summed E-state index contributed by atoms with van der Waals surface area (Å²) in [5.74, 6) is 1.48. The Morgan fingerprint density at radius 1 is 1.12 bits per heavy atom. The number of anilines is 1. The molecule has 13 heteroatoms. The predicted molar refractivity (Wildman–Crippen MR) is 190 cm³/mol. The Morgan fingerprint density at radius 3 is 2.52 bits per heavy atom. The molecule has 5 atom stereocenters. The normalized spacial score (nSPS) is 19.2. The third-order valence-corrected chi connectivity index (χ3v) is 8.96. The van der Waals surface area contributed by atoms with E-state index in [0.717, 1.165) is 17.2 Å². The van der Waals surface area contributed by atoms with Crippen LogP contribution in [0, 0.1) is 24.2 Å². The highest BCUT2D eigenvalue weighted by Crippen LogP contribution is 2.43. The van der Waals surface area contributed by atoms with E-state index >= 15 is 0 Å². The number of aryl methyl sites for hydroxylation is 1. The molecule has 48 heavy (non-hydrogen) atoms. The molecule has 2 aromatic heterocycles. The van der Waals surface area contributed by atoms with Crippen LogP contribution in [0.25, 0.3) is 21.9 Å². The van der Waals surface area contributed by atoms with E-state index in [4.69, 9.17) is 29.0 Å². The summed E-state index contributed by atoms with van der Waals surface area (Å²) in [6, 6.07) is 13.2. The summed E-state index contributed by atoms with van der Waals surface area (Å²) in [5.41, 5.74) is 6.90. The summed E-state index contributed by atoms with van der Waals surface area (Å²) in [4.78, 5) is 26.5. The number of ether oxygens (including phenoxy) is 3. The summed E-state index contributed by atoms with van der Waals surface area (Å²) in [5, 5.41) is 5.35. The molecule has 3 N–H and O–H groups in total. The second-order valence-corrected chi connectivity index (χ2v) is 14.5. The lowest BCUT2D eigenvalue weighted by Crippen LogP contribution is -2.41. The van der Waals surface area contributed by atoms with Gasteiger partial charge in [-0.2, -0.15) is 9.97 Å². The molecule has 0 spiro atoms. The average Bonchev–Trinajstić information content (AvgIpc) is 3.58. The van der Waals surface area contributed by atoms with Crippen molar-refractivity contribution in [3.8, 4) is 11.6 Å². The number of nitrogens with two attached hydrogens (primary N) is 1. The molecule has 0 bridgehead atoms. The number of benzene rings is 2. The van der Waals surface area contributed by atoms with Gasteiger partial charge in [-0.05, 0) is 36.1 Å². The minimum atomic E-state index is -1.79. The van der Waals surface area contributed by atoms with Gasteiger partial charge in [-0.3, -0.25) is 9.36 Å². The molecule has 5 rings (SSSR count). The van der Waals surface area contributed by atoms with Crippen LogP contribution in [0.1, 0.15) is 73.9 Å². The maximum atomic E-state index is 13.3. The lowest BCUT2D eigenvalue weighted by molar-refractivity contribution is -0.149. The minimum Gasteiger partial charge on any atom is -0.479 e. The summed E-state index contributed by atoms with van der Waals surface area (Å²) in [6.07, 6.45) is 0.109. The number of methoxy groups -OCH3 is 1. The molecule has 1 aliphatic rings. The third-order valence-electron chi connectivity index (χ3n) is 7.72. The highest BCUT2D eigenvalue weighted by molar-refractivity contribution is 7.45. The number of rotatable bonds is 12. The first-order valence-electron chi connectivity index (χ1n) is 16.6. The van der Waals surface area contributed by atoms with Gasteiger partial charge >= 0.3 is 14.5 Å². The van der Waals surface area contributed by atoms with Crippen molar-refractivity contribution in [2.24, 2.45) is 17.3 Å². The van der Waals surface area contributed by atoms with Gasteiger partial charge in [-0.15, -0.1) is 0 Å². The molecule has 4 aromatic rings. The molecule has 0 radical (unpaired) electrons. The Labute approximate surface area is 285 Å². The van der Waals surface area contributed by atoms with Crippen LogP contribution in [0.5, 0.6) is 11.6 Å². The lowest BCUT2D eigenvalue weighted by Gasteiger charge is -2.28. The van der Waals surface area contributed by atoms with Gasteiger partial charge in [0.2, 0.25) is 11.8 Å². The number of hydrogen-bond acceptors (Lipinski definition) is 11. The first kappa shape index (κ1) is 37.3. The number of carbonyl (C=O) groups excluding carboxylic acids is 1. The van der Waals surface area contributed by atoms with Crippen LogP contribution in [-0.4, -0.2) is 58.0 Å². The van der Waals surface area contributed by atoms with E-state index in [0.29, 0.717) is 35.2 Å². The van der Waals surface area contributed by atoms with Gasteiger partial charge in [0.25, 0.3) is 0 Å². The molecule has 2 aromatic carbocycles. The molecule has 0 amide bonds. The summed E-state index contributed by atoms with van der Waals surface area (Å²) >= 11 is 0. The molecule has 0 saturated carbocycles. The number of nitrogens with one attached hydrogen (secondary N) is 1. The van der Waals surface area contributed by atoms with Crippen molar-refractivity contribution in [1.29, 1.82) is 0 Å². The molecule has 3 heterocycles. The number of aromatic nitrogens is 4. The summed E-state index contributed by atoms with van der Waals surface area (Å²) in [7, 11) is -0.266. The van der Waals surface area contributed by atoms with Crippen molar-refractivity contribution in [3.63, 3.8) is 0 Å². The molecule has 262 valence electrons. The number of carbonyl (C=O) groups is 1. The largest absolute Gasteiger partial charge is 0.479 e. The Hall–Kier alpha value is -3.57. The number of nitrogen functional groups attached to an aromatic ring is 1. The first-order chi connectivity index (χ1) is 22.8. The summed E-state index contributed by atoms with van der Waals surface area (Å²) in [6.45, 7) is 18.6. The zero-order chi connectivity index (χ0) is 35.2. The van der Waals surface area contributed by atoms with Gasteiger partial charge < -0.3 is 29.0 Å². The fraction of sp³-hybridized carbons (Fsp3) is 0.543. The van der Waals surface area contributed by atoms with Gasteiger partial charge in [-0.25, -0.2) is 10.1 Å². The van der Waals surface area contributed by atoms with Gasteiger partial charge in [0.15, 0.2) is 11.2 Å². The fourth-order valence-electron chi connectivity index (χ4n) is 5.43. The minimum absolute atomic E-state index is 0.0757. The zero-order valence-electron chi connectivity index (χ0n) is 29.8. The van der Waals surface area contributed by atoms with Crippen LogP contribution in [0.3, 0.4) is 0 Å². The number of nitrogens with zero attached hydrogens (tertiary/aromatic N) is 4. The third kappa shape index (κ3) is 8.91. The molecular formula is C35H51N6O6P. The maximum Gasteiger partial charge on any atom is 0.323 e. The van der Waals surface area contributed by atoms with E-state index in [1.807, 2.05) is 102 Å².